The summed E-state index contributed by atoms with van der Waals surface area (Å²) in [4.78, 5) is 11.8. The van der Waals surface area contributed by atoms with E-state index in [0.717, 1.165) is 11.3 Å². The molecular weight excluding hydrogens is 307 g/mol. The first-order chi connectivity index (χ1) is 10.1. The number of H-pyrrole nitrogens is 1. The average molecular weight is 327 g/mol. The van der Waals surface area contributed by atoms with E-state index in [1.54, 1.807) is 25.3 Å². The lowest BCUT2D eigenvalue weighted by molar-refractivity contribution is 0.0953. The predicted molar refractivity (Wildman–Crippen MR) is 85.7 cm³/mol. The molecule has 1 amide bonds. The van der Waals surface area contributed by atoms with Crippen LogP contribution in [0.4, 0.5) is 4.39 Å². The molecule has 1 aromatic carbocycles. The lowest BCUT2D eigenvalue weighted by Gasteiger charge is -2.07. The van der Waals surface area contributed by atoms with Crippen LogP contribution in [0, 0.1) is 19.7 Å². The number of rotatable bonds is 6. The molecule has 2 rings (SSSR count). The number of benzene rings is 1. The van der Waals surface area contributed by atoms with Crippen LogP contribution in [0.25, 0.3) is 0 Å². The van der Waals surface area contributed by atoms with Gasteiger partial charge in [-0.1, -0.05) is 6.07 Å². The molecule has 0 saturated carbocycles. The molecule has 0 radical (unpaired) electrons. The van der Waals surface area contributed by atoms with Crippen molar-refractivity contribution in [1.82, 2.24) is 20.8 Å². The zero-order valence-corrected chi connectivity index (χ0v) is 13.4. The van der Waals surface area contributed by atoms with Crippen LogP contribution in [0.5, 0.6) is 0 Å². The first-order valence-electron chi connectivity index (χ1n) is 6.82. The maximum atomic E-state index is 13.4. The van der Waals surface area contributed by atoms with Gasteiger partial charge < -0.3 is 10.6 Å². The largest absolute Gasteiger partial charge is 0.351 e. The van der Waals surface area contributed by atoms with E-state index >= 15 is 0 Å². The van der Waals surface area contributed by atoms with Crippen LogP contribution in [0.1, 0.15) is 27.2 Å². The SMILES string of the molecule is Cc1ccc(C(=O)NCCNCc2cn[nH]c2C)cc1F.Cl. The summed E-state index contributed by atoms with van der Waals surface area (Å²) < 4.78 is 13.4. The Hall–Kier alpha value is -1.92. The van der Waals surface area contributed by atoms with Crippen molar-refractivity contribution in [3.8, 4) is 0 Å². The molecule has 0 aliphatic carbocycles. The van der Waals surface area contributed by atoms with Crippen molar-refractivity contribution in [2.45, 2.75) is 20.4 Å². The summed E-state index contributed by atoms with van der Waals surface area (Å²) in [5.74, 6) is -0.633. The molecule has 0 bridgehead atoms. The Labute approximate surface area is 135 Å². The van der Waals surface area contributed by atoms with Gasteiger partial charge in [-0.3, -0.25) is 9.89 Å². The fourth-order valence-corrected chi connectivity index (χ4v) is 1.88. The predicted octanol–water partition coefficient (Wildman–Crippen LogP) is 2.11. The van der Waals surface area contributed by atoms with Crippen LogP contribution in [-0.4, -0.2) is 29.2 Å². The van der Waals surface area contributed by atoms with Crippen molar-refractivity contribution in [1.29, 1.82) is 0 Å². The monoisotopic (exact) mass is 326 g/mol. The molecule has 1 heterocycles. The minimum atomic E-state index is -0.365. The second kappa shape index (κ2) is 8.51. The van der Waals surface area contributed by atoms with Crippen LogP contribution < -0.4 is 10.6 Å². The molecule has 2 aromatic rings. The van der Waals surface area contributed by atoms with Crippen LogP contribution in [-0.2, 0) is 6.54 Å². The van der Waals surface area contributed by atoms with E-state index in [4.69, 9.17) is 0 Å². The molecule has 0 aliphatic rings. The van der Waals surface area contributed by atoms with Gasteiger partial charge in [0.05, 0.1) is 6.20 Å². The van der Waals surface area contributed by atoms with Gasteiger partial charge in [-0.2, -0.15) is 5.10 Å². The maximum absolute atomic E-state index is 13.4. The zero-order chi connectivity index (χ0) is 15.2. The van der Waals surface area contributed by atoms with E-state index in [1.807, 2.05) is 6.92 Å². The Morgan fingerprint density at radius 1 is 1.32 bits per heavy atom. The minimum absolute atomic E-state index is 0. The van der Waals surface area contributed by atoms with Gasteiger partial charge in [0.1, 0.15) is 5.82 Å². The van der Waals surface area contributed by atoms with Gasteiger partial charge in [-0.15, -0.1) is 12.4 Å². The summed E-state index contributed by atoms with van der Waals surface area (Å²) in [6.45, 7) is 5.42. The van der Waals surface area contributed by atoms with Crippen molar-refractivity contribution in [3.63, 3.8) is 0 Å². The Balaban J connectivity index is 0.00000242. The second-order valence-electron chi connectivity index (χ2n) is 4.92. The molecule has 0 atom stereocenters. The van der Waals surface area contributed by atoms with Crippen molar-refractivity contribution >= 4 is 18.3 Å². The van der Waals surface area contributed by atoms with Gasteiger partial charge in [-0.25, -0.2) is 4.39 Å². The van der Waals surface area contributed by atoms with Gasteiger partial charge in [0.25, 0.3) is 5.91 Å². The normalized spacial score (nSPS) is 10.1. The summed E-state index contributed by atoms with van der Waals surface area (Å²) in [6, 6.07) is 4.48. The number of halogens is 2. The summed E-state index contributed by atoms with van der Waals surface area (Å²) in [6.07, 6.45) is 1.77. The number of amides is 1. The number of hydrogen-bond acceptors (Lipinski definition) is 3. The quantitative estimate of drug-likeness (QED) is 0.712. The standard InChI is InChI=1S/C15H19FN4O.ClH/c1-10-3-4-12(7-14(10)16)15(21)18-6-5-17-8-13-9-19-20-11(13)2;/h3-4,7,9,17H,5-6,8H2,1-2H3,(H,18,21)(H,19,20);1H. The van der Waals surface area contributed by atoms with Crippen LogP contribution >= 0.6 is 12.4 Å². The highest BCUT2D eigenvalue weighted by molar-refractivity contribution is 5.94. The molecule has 7 heteroatoms. The maximum Gasteiger partial charge on any atom is 0.251 e. The molecule has 1 aromatic heterocycles. The Morgan fingerprint density at radius 3 is 2.73 bits per heavy atom. The van der Waals surface area contributed by atoms with E-state index in [9.17, 15) is 9.18 Å². The number of aromatic nitrogens is 2. The fraction of sp³-hybridized carbons (Fsp3) is 0.333. The molecule has 120 valence electrons. The van der Waals surface area contributed by atoms with Gasteiger partial charge in [-0.05, 0) is 31.5 Å². The van der Waals surface area contributed by atoms with Crippen molar-refractivity contribution < 1.29 is 9.18 Å². The summed E-state index contributed by atoms with van der Waals surface area (Å²) >= 11 is 0. The third-order valence-corrected chi connectivity index (χ3v) is 3.27. The van der Waals surface area contributed by atoms with Crippen molar-refractivity contribution in [3.05, 3.63) is 52.6 Å². The molecule has 0 saturated heterocycles. The molecule has 3 N–H and O–H groups in total. The Kier molecular flexibility index (Phi) is 7.01. The van der Waals surface area contributed by atoms with Crippen LogP contribution in [0.2, 0.25) is 0 Å². The van der Waals surface area contributed by atoms with Gasteiger partial charge in [0, 0.05) is 36.5 Å². The van der Waals surface area contributed by atoms with Crippen molar-refractivity contribution in [2.75, 3.05) is 13.1 Å². The minimum Gasteiger partial charge on any atom is -0.351 e. The summed E-state index contributed by atoms with van der Waals surface area (Å²) in [5.41, 5.74) is 3.00. The topological polar surface area (TPSA) is 69.8 Å². The molecule has 5 nitrogen and oxygen atoms in total. The van der Waals surface area contributed by atoms with E-state index in [-0.39, 0.29) is 24.1 Å². The Bertz CT molecular complexity index is 630. The van der Waals surface area contributed by atoms with E-state index < -0.39 is 0 Å². The average Bonchev–Trinajstić information content (AvgIpc) is 2.87. The van der Waals surface area contributed by atoms with E-state index in [1.165, 1.54) is 6.07 Å². The first kappa shape index (κ1) is 18.1. The van der Waals surface area contributed by atoms with Gasteiger partial charge in [0.2, 0.25) is 0 Å². The molecule has 22 heavy (non-hydrogen) atoms. The first-order valence-corrected chi connectivity index (χ1v) is 6.82. The third-order valence-electron chi connectivity index (χ3n) is 3.27. The van der Waals surface area contributed by atoms with Crippen LogP contribution in [0.15, 0.2) is 24.4 Å². The van der Waals surface area contributed by atoms with E-state index in [2.05, 4.69) is 20.8 Å². The number of nitrogens with one attached hydrogen (secondary N) is 3. The Morgan fingerprint density at radius 2 is 2.09 bits per heavy atom. The fourth-order valence-electron chi connectivity index (χ4n) is 1.88. The molecule has 0 fully saturated rings. The highest BCUT2D eigenvalue weighted by Gasteiger charge is 2.07. The number of aryl methyl sites for hydroxylation is 2. The highest BCUT2D eigenvalue weighted by atomic mass is 35.5. The lowest BCUT2D eigenvalue weighted by Crippen LogP contribution is -2.31. The molecule has 0 aliphatic heterocycles. The van der Waals surface area contributed by atoms with Gasteiger partial charge >= 0.3 is 0 Å². The number of nitrogens with zero attached hydrogens (tertiary/aromatic N) is 1. The van der Waals surface area contributed by atoms with Crippen molar-refractivity contribution in [2.24, 2.45) is 0 Å². The van der Waals surface area contributed by atoms with E-state index in [0.29, 0.717) is 30.8 Å². The molecule has 0 spiro atoms. The number of hydrogen-bond donors (Lipinski definition) is 3. The summed E-state index contributed by atoms with van der Waals surface area (Å²) in [5, 5.41) is 12.8. The van der Waals surface area contributed by atoms with Crippen LogP contribution in [0.3, 0.4) is 0 Å². The lowest BCUT2D eigenvalue weighted by atomic mass is 10.1. The highest BCUT2D eigenvalue weighted by Crippen LogP contribution is 2.08. The number of carbonyl (C=O) groups is 1. The molecule has 0 unspecified atom stereocenters. The smallest absolute Gasteiger partial charge is 0.251 e. The molecular formula is C15H20ClFN4O. The second-order valence-corrected chi connectivity index (χ2v) is 4.92. The number of carbonyl (C=O) groups excluding carboxylic acids is 1. The third kappa shape index (κ3) is 4.82. The van der Waals surface area contributed by atoms with Gasteiger partial charge in [0.15, 0.2) is 0 Å². The zero-order valence-electron chi connectivity index (χ0n) is 12.6. The summed E-state index contributed by atoms with van der Waals surface area (Å²) in [7, 11) is 0. The number of aromatic amines is 1.